The molecule has 1 heterocycles. The van der Waals surface area contributed by atoms with Gasteiger partial charge < -0.3 is 0 Å². The fraction of sp³-hybridized carbons (Fsp3) is 0.500. The third kappa shape index (κ3) is 2.25. The van der Waals surface area contributed by atoms with Crippen molar-refractivity contribution >= 4 is 0 Å². The molecule has 0 amide bonds. The predicted octanol–water partition coefficient (Wildman–Crippen LogP) is 3.61. The van der Waals surface area contributed by atoms with Crippen molar-refractivity contribution in [2.75, 3.05) is 0 Å². The monoisotopic (exact) mass is 203 g/mol. The quantitative estimate of drug-likeness (QED) is 0.715. The van der Waals surface area contributed by atoms with Gasteiger partial charge in [-0.2, -0.15) is 13.2 Å². The van der Waals surface area contributed by atoms with Crippen molar-refractivity contribution in [3.8, 4) is 0 Å². The molecular formula is C10H12F3N. The molecule has 0 aromatic carbocycles. The number of aromatic nitrogens is 1. The zero-order chi connectivity index (χ0) is 10.8. The van der Waals surface area contributed by atoms with E-state index in [1.807, 2.05) is 6.92 Å². The van der Waals surface area contributed by atoms with Gasteiger partial charge in [0, 0.05) is 12.4 Å². The van der Waals surface area contributed by atoms with E-state index in [0.29, 0.717) is 12.0 Å². The van der Waals surface area contributed by atoms with Gasteiger partial charge in [-0.1, -0.05) is 13.8 Å². The van der Waals surface area contributed by atoms with Crippen LogP contribution < -0.4 is 0 Å². The van der Waals surface area contributed by atoms with Crippen LogP contribution in [0.25, 0.3) is 0 Å². The lowest BCUT2D eigenvalue weighted by Gasteiger charge is -2.15. The van der Waals surface area contributed by atoms with Crippen LogP contribution in [-0.4, -0.2) is 4.98 Å². The van der Waals surface area contributed by atoms with E-state index in [9.17, 15) is 13.2 Å². The standard InChI is InChI=1S/C10H12F3N/c1-3-7(2)8-4-5-14-6-9(8)10(11,12)13/h4-7H,3H2,1-2H3. The molecule has 0 aliphatic heterocycles. The largest absolute Gasteiger partial charge is 0.418 e. The summed E-state index contributed by atoms with van der Waals surface area (Å²) in [4.78, 5) is 3.51. The highest BCUT2D eigenvalue weighted by Gasteiger charge is 2.34. The number of rotatable bonds is 2. The number of halogens is 3. The summed E-state index contributed by atoms with van der Waals surface area (Å²) in [5.74, 6) is -0.0883. The summed E-state index contributed by atoms with van der Waals surface area (Å²) in [6.45, 7) is 3.65. The summed E-state index contributed by atoms with van der Waals surface area (Å²) in [5.41, 5.74) is -0.288. The van der Waals surface area contributed by atoms with Crippen LogP contribution in [0.15, 0.2) is 18.5 Å². The molecule has 78 valence electrons. The van der Waals surface area contributed by atoms with Crippen LogP contribution in [0.1, 0.15) is 37.3 Å². The maximum Gasteiger partial charge on any atom is 0.418 e. The van der Waals surface area contributed by atoms with Crippen molar-refractivity contribution in [3.63, 3.8) is 0 Å². The summed E-state index contributed by atoms with van der Waals surface area (Å²) in [6.07, 6.45) is -1.32. The normalized spacial score (nSPS) is 14.1. The minimum Gasteiger partial charge on any atom is -0.264 e. The van der Waals surface area contributed by atoms with Crippen LogP contribution in [0.5, 0.6) is 0 Å². The van der Waals surface area contributed by atoms with E-state index in [0.717, 1.165) is 6.20 Å². The molecule has 14 heavy (non-hydrogen) atoms. The van der Waals surface area contributed by atoms with Gasteiger partial charge in [-0.3, -0.25) is 4.98 Å². The summed E-state index contributed by atoms with van der Waals surface area (Å²) in [5, 5.41) is 0. The molecule has 1 aromatic heterocycles. The Morgan fingerprint density at radius 1 is 1.43 bits per heavy atom. The van der Waals surface area contributed by atoms with Crippen molar-refractivity contribution in [2.45, 2.75) is 32.4 Å². The topological polar surface area (TPSA) is 12.9 Å². The second kappa shape index (κ2) is 3.98. The fourth-order valence-corrected chi connectivity index (χ4v) is 1.29. The predicted molar refractivity (Wildman–Crippen MR) is 47.9 cm³/mol. The van der Waals surface area contributed by atoms with Crippen LogP contribution >= 0.6 is 0 Å². The average Bonchev–Trinajstić information content (AvgIpc) is 2.15. The zero-order valence-electron chi connectivity index (χ0n) is 8.10. The molecule has 0 aliphatic rings. The number of pyridine rings is 1. The number of alkyl halides is 3. The molecular weight excluding hydrogens is 191 g/mol. The van der Waals surface area contributed by atoms with Crippen LogP contribution in [0, 0.1) is 0 Å². The van der Waals surface area contributed by atoms with Crippen molar-refractivity contribution < 1.29 is 13.2 Å². The van der Waals surface area contributed by atoms with E-state index in [4.69, 9.17) is 0 Å². The molecule has 0 saturated carbocycles. The van der Waals surface area contributed by atoms with Gasteiger partial charge in [0.2, 0.25) is 0 Å². The Balaban J connectivity index is 3.16. The molecule has 4 heteroatoms. The molecule has 0 fully saturated rings. The fourth-order valence-electron chi connectivity index (χ4n) is 1.29. The van der Waals surface area contributed by atoms with E-state index in [1.54, 1.807) is 6.92 Å². The highest BCUT2D eigenvalue weighted by atomic mass is 19.4. The van der Waals surface area contributed by atoms with Crippen molar-refractivity contribution in [2.24, 2.45) is 0 Å². The number of hydrogen-bond acceptors (Lipinski definition) is 1. The third-order valence-electron chi connectivity index (χ3n) is 2.30. The molecule has 0 N–H and O–H groups in total. The van der Waals surface area contributed by atoms with E-state index in [2.05, 4.69) is 4.98 Å². The average molecular weight is 203 g/mol. The first-order valence-electron chi connectivity index (χ1n) is 4.48. The maximum absolute atomic E-state index is 12.5. The van der Waals surface area contributed by atoms with Gasteiger partial charge >= 0.3 is 6.18 Å². The maximum atomic E-state index is 12.5. The highest BCUT2D eigenvalue weighted by Crippen LogP contribution is 2.35. The molecule has 1 unspecified atom stereocenters. The van der Waals surface area contributed by atoms with E-state index in [1.165, 1.54) is 12.3 Å². The minimum absolute atomic E-state index is 0.0883. The van der Waals surface area contributed by atoms with Crippen LogP contribution in [0.3, 0.4) is 0 Å². The Kier molecular flexibility index (Phi) is 3.13. The molecule has 0 radical (unpaired) electrons. The van der Waals surface area contributed by atoms with Crippen molar-refractivity contribution in [3.05, 3.63) is 29.6 Å². The summed E-state index contributed by atoms with van der Waals surface area (Å²) < 4.78 is 37.5. The molecule has 0 saturated heterocycles. The Hall–Kier alpha value is -1.06. The Morgan fingerprint density at radius 2 is 2.07 bits per heavy atom. The number of hydrogen-bond donors (Lipinski definition) is 0. The summed E-state index contributed by atoms with van der Waals surface area (Å²) >= 11 is 0. The second-order valence-electron chi connectivity index (χ2n) is 3.27. The van der Waals surface area contributed by atoms with Gasteiger partial charge in [-0.15, -0.1) is 0 Å². The van der Waals surface area contributed by atoms with Gasteiger partial charge in [0.25, 0.3) is 0 Å². The molecule has 0 aliphatic carbocycles. The lowest BCUT2D eigenvalue weighted by molar-refractivity contribution is -0.138. The first kappa shape index (κ1) is 11.0. The Bertz CT molecular complexity index is 306. The lowest BCUT2D eigenvalue weighted by atomic mass is 9.95. The Morgan fingerprint density at radius 3 is 2.57 bits per heavy atom. The first-order valence-corrected chi connectivity index (χ1v) is 4.48. The first-order chi connectivity index (χ1) is 6.46. The van der Waals surface area contributed by atoms with Gasteiger partial charge in [-0.05, 0) is 24.0 Å². The molecule has 1 atom stereocenters. The van der Waals surface area contributed by atoms with E-state index in [-0.39, 0.29) is 5.92 Å². The summed E-state index contributed by atoms with van der Waals surface area (Å²) in [6, 6.07) is 1.44. The molecule has 1 aromatic rings. The molecule has 0 bridgehead atoms. The van der Waals surface area contributed by atoms with Gasteiger partial charge in [0.1, 0.15) is 0 Å². The lowest BCUT2D eigenvalue weighted by Crippen LogP contribution is -2.11. The van der Waals surface area contributed by atoms with Crippen molar-refractivity contribution in [1.29, 1.82) is 0 Å². The molecule has 0 spiro atoms. The van der Waals surface area contributed by atoms with Crippen LogP contribution in [-0.2, 0) is 6.18 Å². The Labute approximate surface area is 81.0 Å². The van der Waals surface area contributed by atoms with Gasteiger partial charge in [0.15, 0.2) is 0 Å². The second-order valence-corrected chi connectivity index (χ2v) is 3.27. The number of nitrogens with zero attached hydrogens (tertiary/aromatic N) is 1. The van der Waals surface area contributed by atoms with Crippen molar-refractivity contribution in [1.82, 2.24) is 4.98 Å². The minimum atomic E-state index is -4.30. The van der Waals surface area contributed by atoms with Gasteiger partial charge in [-0.25, -0.2) is 0 Å². The molecule has 1 nitrogen and oxygen atoms in total. The van der Waals surface area contributed by atoms with Crippen LogP contribution in [0.4, 0.5) is 13.2 Å². The zero-order valence-corrected chi connectivity index (χ0v) is 8.10. The third-order valence-corrected chi connectivity index (χ3v) is 2.30. The smallest absolute Gasteiger partial charge is 0.264 e. The summed E-state index contributed by atoms with van der Waals surface area (Å²) in [7, 11) is 0. The highest BCUT2D eigenvalue weighted by molar-refractivity contribution is 5.29. The van der Waals surface area contributed by atoms with Crippen LogP contribution in [0.2, 0.25) is 0 Å². The molecule has 1 rings (SSSR count). The van der Waals surface area contributed by atoms with E-state index < -0.39 is 11.7 Å². The van der Waals surface area contributed by atoms with Gasteiger partial charge in [0.05, 0.1) is 5.56 Å². The van der Waals surface area contributed by atoms with E-state index >= 15 is 0 Å². The SMILES string of the molecule is CCC(C)c1ccncc1C(F)(F)F.